The van der Waals surface area contributed by atoms with E-state index >= 15 is 0 Å². The molecule has 1 aromatic heterocycles. The van der Waals surface area contributed by atoms with Crippen molar-refractivity contribution < 1.29 is 9.21 Å². The van der Waals surface area contributed by atoms with Crippen LogP contribution in [0.4, 0.5) is 0 Å². The molecule has 2 heterocycles. The topological polar surface area (TPSA) is 45.8 Å². The Labute approximate surface area is 177 Å². The number of hydrogen-bond acceptors (Lipinski definition) is 4. The second-order valence-corrected chi connectivity index (χ2v) is 8.11. The molecule has 2 aromatic carbocycles. The Balaban J connectivity index is 1.56. The van der Waals surface area contributed by atoms with Crippen LogP contribution in [0.5, 0.6) is 0 Å². The second-order valence-electron chi connectivity index (χ2n) is 6.25. The van der Waals surface area contributed by atoms with Crippen LogP contribution >= 0.6 is 35.0 Å². The van der Waals surface area contributed by atoms with E-state index in [4.69, 9.17) is 27.6 Å². The number of rotatable bonds is 5. The zero-order chi connectivity index (χ0) is 19.5. The summed E-state index contributed by atoms with van der Waals surface area (Å²) in [5, 5.41) is 7.43. The maximum Gasteiger partial charge on any atom is 0.253 e. The molecule has 1 amide bonds. The van der Waals surface area contributed by atoms with Gasteiger partial charge in [-0.05, 0) is 42.0 Å². The molecule has 28 heavy (non-hydrogen) atoms. The molecule has 0 saturated heterocycles. The van der Waals surface area contributed by atoms with Gasteiger partial charge in [-0.25, -0.2) is 5.01 Å². The molecule has 0 bridgehead atoms. The summed E-state index contributed by atoms with van der Waals surface area (Å²) < 4.78 is 5.57. The summed E-state index contributed by atoms with van der Waals surface area (Å²) in [5.74, 6) is 0.845. The highest BCUT2D eigenvalue weighted by molar-refractivity contribution is 8.00. The second kappa shape index (κ2) is 8.43. The van der Waals surface area contributed by atoms with Crippen LogP contribution in [-0.4, -0.2) is 22.4 Å². The fraction of sp³-hybridized carbons (Fsp3) is 0.143. The molecule has 1 unspecified atom stereocenters. The van der Waals surface area contributed by atoms with Gasteiger partial charge < -0.3 is 4.42 Å². The van der Waals surface area contributed by atoms with Crippen molar-refractivity contribution in [2.75, 3.05) is 5.75 Å². The van der Waals surface area contributed by atoms with E-state index < -0.39 is 0 Å². The molecule has 0 radical (unpaired) electrons. The minimum absolute atomic E-state index is 0.102. The van der Waals surface area contributed by atoms with Gasteiger partial charge in [-0.2, -0.15) is 5.10 Å². The first-order valence-electron chi connectivity index (χ1n) is 8.68. The van der Waals surface area contributed by atoms with Crippen molar-refractivity contribution >= 4 is 46.6 Å². The maximum absolute atomic E-state index is 13.0. The Bertz CT molecular complexity index is 1000. The van der Waals surface area contributed by atoms with Crippen LogP contribution in [0, 0.1) is 0 Å². The van der Waals surface area contributed by atoms with Gasteiger partial charge in [-0.15, -0.1) is 11.8 Å². The maximum atomic E-state index is 13.0. The van der Waals surface area contributed by atoms with E-state index in [0.29, 0.717) is 22.2 Å². The lowest BCUT2D eigenvalue weighted by atomic mass is 10.0. The molecule has 0 saturated carbocycles. The summed E-state index contributed by atoms with van der Waals surface area (Å²) in [5.41, 5.74) is 1.77. The van der Waals surface area contributed by atoms with Crippen LogP contribution < -0.4 is 0 Å². The van der Waals surface area contributed by atoms with Gasteiger partial charge in [0.1, 0.15) is 11.8 Å². The number of furan rings is 1. The van der Waals surface area contributed by atoms with E-state index in [0.717, 1.165) is 16.2 Å². The molecule has 0 spiro atoms. The monoisotopic (exact) mass is 430 g/mol. The lowest BCUT2D eigenvalue weighted by molar-refractivity contribution is -0.130. The van der Waals surface area contributed by atoms with Gasteiger partial charge in [0.25, 0.3) is 5.91 Å². The summed E-state index contributed by atoms with van der Waals surface area (Å²) >= 11 is 13.6. The molecule has 1 aliphatic rings. The lowest BCUT2D eigenvalue weighted by Crippen LogP contribution is -2.28. The number of amides is 1. The molecular weight excluding hydrogens is 415 g/mol. The number of thioether (sulfide) groups is 1. The zero-order valence-corrected chi connectivity index (χ0v) is 17.0. The van der Waals surface area contributed by atoms with Gasteiger partial charge in [0.2, 0.25) is 0 Å². The first-order chi connectivity index (χ1) is 13.6. The van der Waals surface area contributed by atoms with Crippen LogP contribution in [0.3, 0.4) is 0 Å². The Morgan fingerprint density at radius 2 is 1.89 bits per heavy atom. The molecule has 142 valence electrons. The molecule has 4 nitrogen and oxygen atoms in total. The van der Waals surface area contributed by atoms with Gasteiger partial charge in [-0.3, -0.25) is 4.79 Å². The molecule has 7 heteroatoms. The summed E-state index contributed by atoms with van der Waals surface area (Å²) in [6.07, 6.45) is 2.19. The summed E-state index contributed by atoms with van der Waals surface area (Å²) in [7, 11) is 0. The van der Waals surface area contributed by atoms with Crippen LogP contribution in [0.25, 0.3) is 0 Å². The first kappa shape index (κ1) is 19.1. The summed E-state index contributed by atoms with van der Waals surface area (Å²) in [6, 6.07) is 18.4. The molecule has 0 N–H and O–H groups in total. The molecule has 4 rings (SSSR count). The highest BCUT2D eigenvalue weighted by Crippen LogP contribution is 2.35. The predicted molar refractivity (Wildman–Crippen MR) is 113 cm³/mol. The smallest absolute Gasteiger partial charge is 0.253 e. The standard InChI is InChI=1S/C21H16Cl2N2O2S/c22-15-9-7-14(8-10-15)17-12-18(19-5-3-11-27-19)25(24-17)21(26)13-28-20-6-2-1-4-16(20)23/h1-11,18H,12-13H2. The molecular formula is C21H16Cl2N2O2S. The summed E-state index contributed by atoms with van der Waals surface area (Å²) in [6.45, 7) is 0. The predicted octanol–water partition coefficient (Wildman–Crippen LogP) is 6.06. The quantitative estimate of drug-likeness (QED) is 0.462. The number of hydrazone groups is 1. The minimum atomic E-state index is -0.264. The van der Waals surface area contributed by atoms with E-state index in [-0.39, 0.29) is 17.7 Å². The Morgan fingerprint density at radius 1 is 1.11 bits per heavy atom. The third-order valence-corrected chi connectivity index (χ3v) is 6.15. The molecule has 1 atom stereocenters. The van der Waals surface area contributed by atoms with E-state index in [9.17, 15) is 4.79 Å². The Morgan fingerprint density at radius 3 is 2.61 bits per heavy atom. The van der Waals surface area contributed by atoms with Crippen LogP contribution in [0.1, 0.15) is 23.8 Å². The minimum Gasteiger partial charge on any atom is -0.467 e. The van der Waals surface area contributed by atoms with Crippen molar-refractivity contribution in [3.05, 3.63) is 88.3 Å². The van der Waals surface area contributed by atoms with Crippen molar-refractivity contribution in [2.24, 2.45) is 5.10 Å². The molecule has 1 aliphatic heterocycles. The Kier molecular flexibility index (Phi) is 5.76. The van der Waals surface area contributed by atoms with E-state index in [2.05, 4.69) is 5.10 Å². The van der Waals surface area contributed by atoms with Crippen molar-refractivity contribution in [1.82, 2.24) is 5.01 Å². The van der Waals surface area contributed by atoms with E-state index in [1.54, 1.807) is 6.26 Å². The van der Waals surface area contributed by atoms with E-state index in [1.807, 2.05) is 60.7 Å². The summed E-state index contributed by atoms with van der Waals surface area (Å²) in [4.78, 5) is 13.8. The van der Waals surface area contributed by atoms with Crippen LogP contribution in [0.15, 0.2) is 81.3 Å². The van der Waals surface area contributed by atoms with E-state index in [1.165, 1.54) is 16.8 Å². The number of benzene rings is 2. The van der Waals surface area contributed by atoms with Crippen molar-refractivity contribution in [3.63, 3.8) is 0 Å². The van der Waals surface area contributed by atoms with Crippen LogP contribution in [0.2, 0.25) is 10.0 Å². The number of carbonyl (C=O) groups is 1. The molecule has 3 aromatic rings. The zero-order valence-electron chi connectivity index (χ0n) is 14.7. The van der Waals surface area contributed by atoms with Gasteiger partial charge >= 0.3 is 0 Å². The fourth-order valence-corrected chi connectivity index (χ4v) is 4.24. The first-order valence-corrected chi connectivity index (χ1v) is 10.4. The lowest BCUT2D eigenvalue weighted by Gasteiger charge is -2.19. The van der Waals surface area contributed by atoms with Crippen molar-refractivity contribution in [3.8, 4) is 0 Å². The number of hydrogen-bond donors (Lipinski definition) is 0. The highest BCUT2D eigenvalue weighted by Gasteiger charge is 2.34. The highest BCUT2D eigenvalue weighted by atomic mass is 35.5. The van der Waals surface area contributed by atoms with Gasteiger partial charge in [-0.1, -0.05) is 47.5 Å². The average molecular weight is 431 g/mol. The van der Waals surface area contributed by atoms with Crippen LogP contribution in [-0.2, 0) is 4.79 Å². The number of carbonyl (C=O) groups excluding carboxylic acids is 1. The van der Waals surface area contributed by atoms with Gasteiger partial charge in [0.15, 0.2) is 0 Å². The molecule has 0 fully saturated rings. The number of halogens is 2. The largest absolute Gasteiger partial charge is 0.467 e. The third kappa shape index (κ3) is 4.12. The normalized spacial score (nSPS) is 16.3. The SMILES string of the molecule is O=C(CSc1ccccc1Cl)N1N=C(c2ccc(Cl)cc2)CC1c1ccco1. The van der Waals surface area contributed by atoms with Gasteiger partial charge in [0.05, 0.1) is 22.8 Å². The third-order valence-electron chi connectivity index (χ3n) is 4.40. The Hall–Kier alpha value is -2.21. The van der Waals surface area contributed by atoms with Crippen molar-refractivity contribution in [1.29, 1.82) is 0 Å². The fourth-order valence-electron chi connectivity index (χ4n) is 3.03. The van der Waals surface area contributed by atoms with Gasteiger partial charge in [0, 0.05) is 16.3 Å². The average Bonchev–Trinajstić information content (AvgIpc) is 3.37. The molecule has 0 aliphatic carbocycles. The van der Waals surface area contributed by atoms with Crippen molar-refractivity contribution in [2.45, 2.75) is 17.4 Å². The number of nitrogens with zero attached hydrogens (tertiary/aromatic N) is 2.